The highest BCUT2D eigenvalue weighted by Crippen LogP contribution is 2.30. The van der Waals surface area contributed by atoms with Crippen LogP contribution in [0.3, 0.4) is 0 Å². The number of nitrogens with one attached hydrogen (secondary N) is 1. The number of carbonyl (C=O) groups excluding carboxylic acids is 1. The van der Waals surface area contributed by atoms with E-state index in [2.05, 4.69) is 43.8 Å². The van der Waals surface area contributed by atoms with Crippen LogP contribution in [0.25, 0.3) is 0 Å². The second-order valence-electron chi connectivity index (χ2n) is 4.12. The fourth-order valence-electron chi connectivity index (χ4n) is 1.85. The Morgan fingerprint density at radius 1 is 1.14 bits per heavy atom. The normalized spacial score (nSPS) is 10.1. The molecular weight excluding hydrogens is 449 g/mol. The van der Waals surface area contributed by atoms with E-state index in [9.17, 15) is 4.79 Å². The van der Waals surface area contributed by atoms with E-state index >= 15 is 0 Å². The van der Waals surface area contributed by atoms with Gasteiger partial charge in [-0.3, -0.25) is 4.79 Å². The van der Waals surface area contributed by atoms with Crippen LogP contribution in [-0.4, -0.2) is 20.1 Å². The fraction of sp³-hybridized carbons (Fsp3) is 0.133. The lowest BCUT2D eigenvalue weighted by atomic mass is 10.1. The third-order valence-electron chi connectivity index (χ3n) is 2.83. The van der Waals surface area contributed by atoms with E-state index < -0.39 is 0 Å². The van der Waals surface area contributed by atoms with E-state index in [1.165, 1.54) is 14.2 Å². The Bertz CT molecular complexity index is 654. The molecule has 1 amide bonds. The summed E-state index contributed by atoms with van der Waals surface area (Å²) in [5, 5.41) is 2.88. The third kappa shape index (κ3) is 3.68. The van der Waals surface area contributed by atoms with Crippen LogP contribution in [-0.2, 0) is 0 Å². The quantitative estimate of drug-likeness (QED) is 0.689. The van der Waals surface area contributed by atoms with Crippen molar-refractivity contribution in [1.82, 2.24) is 0 Å². The SMILES string of the molecule is COc1cccc(OC)c1C(=O)Nc1ccc(Br)cc1I. The summed E-state index contributed by atoms with van der Waals surface area (Å²) in [5.41, 5.74) is 1.11. The van der Waals surface area contributed by atoms with Gasteiger partial charge in [0, 0.05) is 8.04 Å². The Hall–Kier alpha value is -1.28. The summed E-state index contributed by atoms with van der Waals surface area (Å²) in [7, 11) is 3.05. The number of ether oxygens (including phenoxy) is 2. The zero-order valence-corrected chi connectivity index (χ0v) is 15.2. The topological polar surface area (TPSA) is 47.6 Å². The number of benzene rings is 2. The van der Waals surface area contributed by atoms with Crippen LogP contribution < -0.4 is 14.8 Å². The van der Waals surface area contributed by atoms with Gasteiger partial charge in [0.15, 0.2) is 0 Å². The Morgan fingerprint density at radius 3 is 2.29 bits per heavy atom. The first-order valence-electron chi connectivity index (χ1n) is 6.04. The van der Waals surface area contributed by atoms with Crippen molar-refractivity contribution in [1.29, 1.82) is 0 Å². The number of hydrogen-bond acceptors (Lipinski definition) is 3. The van der Waals surface area contributed by atoms with Crippen molar-refractivity contribution in [2.45, 2.75) is 0 Å². The summed E-state index contributed by atoms with van der Waals surface area (Å²) in [5.74, 6) is 0.669. The number of hydrogen-bond donors (Lipinski definition) is 1. The molecule has 0 bridgehead atoms. The molecule has 0 radical (unpaired) electrons. The minimum absolute atomic E-state index is 0.274. The zero-order chi connectivity index (χ0) is 15.4. The number of methoxy groups -OCH3 is 2. The monoisotopic (exact) mass is 461 g/mol. The number of halogens is 2. The minimum atomic E-state index is -0.274. The first-order chi connectivity index (χ1) is 10.1. The molecule has 0 heterocycles. The Kier molecular flexibility index (Phi) is 5.46. The second-order valence-corrected chi connectivity index (χ2v) is 6.19. The van der Waals surface area contributed by atoms with Crippen LogP contribution in [0.15, 0.2) is 40.9 Å². The van der Waals surface area contributed by atoms with Gasteiger partial charge in [-0.15, -0.1) is 0 Å². The molecule has 0 aliphatic carbocycles. The summed E-state index contributed by atoms with van der Waals surface area (Å²) in [6, 6.07) is 10.9. The van der Waals surface area contributed by atoms with Crippen LogP contribution in [0.2, 0.25) is 0 Å². The van der Waals surface area contributed by atoms with Crippen molar-refractivity contribution < 1.29 is 14.3 Å². The van der Waals surface area contributed by atoms with Crippen molar-refractivity contribution in [2.75, 3.05) is 19.5 Å². The lowest BCUT2D eigenvalue weighted by molar-refractivity contribution is 0.102. The molecule has 0 atom stereocenters. The van der Waals surface area contributed by atoms with Gasteiger partial charge in [-0.25, -0.2) is 0 Å². The fourth-order valence-corrected chi connectivity index (χ4v) is 3.29. The van der Waals surface area contributed by atoms with E-state index in [4.69, 9.17) is 9.47 Å². The Balaban J connectivity index is 2.36. The van der Waals surface area contributed by atoms with Crippen molar-refractivity contribution in [3.05, 3.63) is 50.0 Å². The molecule has 4 nitrogen and oxygen atoms in total. The molecular formula is C15H13BrINO3. The molecule has 0 spiro atoms. The van der Waals surface area contributed by atoms with E-state index in [0.717, 1.165) is 13.7 Å². The van der Waals surface area contributed by atoms with Crippen molar-refractivity contribution in [2.24, 2.45) is 0 Å². The van der Waals surface area contributed by atoms with Crippen LogP contribution in [0.1, 0.15) is 10.4 Å². The molecule has 6 heteroatoms. The lowest BCUT2D eigenvalue weighted by Crippen LogP contribution is -2.15. The van der Waals surface area contributed by atoms with E-state index in [1.807, 2.05) is 18.2 Å². The Labute approximate surface area is 145 Å². The summed E-state index contributed by atoms with van der Waals surface area (Å²) in [6.45, 7) is 0. The molecule has 21 heavy (non-hydrogen) atoms. The number of rotatable bonds is 4. The molecule has 1 N–H and O–H groups in total. The van der Waals surface area contributed by atoms with Crippen LogP contribution >= 0.6 is 38.5 Å². The van der Waals surface area contributed by atoms with Crippen molar-refractivity contribution >= 4 is 50.1 Å². The van der Waals surface area contributed by atoms with Gasteiger partial charge in [0.1, 0.15) is 17.1 Å². The highest BCUT2D eigenvalue weighted by Gasteiger charge is 2.18. The Morgan fingerprint density at radius 2 is 1.76 bits per heavy atom. The predicted octanol–water partition coefficient (Wildman–Crippen LogP) is 4.32. The smallest absolute Gasteiger partial charge is 0.263 e. The maximum atomic E-state index is 12.5. The van der Waals surface area contributed by atoms with Crippen LogP contribution in [0, 0.1) is 3.57 Å². The lowest BCUT2D eigenvalue weighted by Gasteiger charge is -2.13. The third-order valence-corrected chi connectivity index (χ3v) is 4.22. The number of anilines is 1. The summed E-state index contributed by atoms with van der Waals surface area (Å²) in [6.07, 6.45) is 0. The molecule has 2 aromatic rings. The molecule has 0 unspecified atom stereocenters. The van der Waals surface area contributed by atoms with Crippen LogP contribution in [0.4, 0.5) is 5.69 Å². The summed E-state index contributed by atoms with van der Waals surface area (Å²) >= 11 is 5.56. The van der Waals surface area contributed by atoms with Crippen molar-refractivity contribution in [3.63, 3.8) is 0 Å². The van der Waals surface area contributed by atoms with Crippen molar-refractivity contribution in [3.8, 4) is 11.5 Å². The summed E-state index contributed by atoms with van der Waals surface area (Å²) in [4.78, 5) is 12.5. The van der Waals surface area contributed by atoms with Gasteiger partial charge < -0.3 is 14.8 Å². The van der Waals surface area contributed by atoms with Gasteiger partial charge in [-0.2, -0.15) is 0 Å². The standard InChI is InChI=1S/C15H13BrINO3/c1-20-12-4-3-5-13(21-2)14(12)15(19)18-11-7-6-9(16)8-10(11)17/h3-8H,1-2H3,(H,18,19). The molecule has 0 saturated heterocycles. The second kappa shape index (κ2) is 7.13. The molecule has 2 aromatic carbocycles. The van der Waals surface area contributed by atoms with Crippen LogP contribution in [0.5, 0.6) is 11.5 Å². The highest BCUT2D eigenvalue weighted by molar-refractivity contribution is 14.1. The maximum absolute atomic E-state index is 12.5. The minimum Gasteiger partial charge on any atom is -0.496 e. The van der Waals surface area contributed by atoms with E-state index in [1.54, 1.807) is 18.2 Å². The van der Waals surface area contributed by atoms with Gasteiger partial charge in [0.25, 0.3) is 5.91 Å². The average molecular weight is 462 g/mol. The van der Waals surface area contributed by atoms with Gasteiger partial charge in [-0.05, 0) is 52.9 Å². The van der Waals surface area contributed by atoms with Gasteiger partial charge in [0.05, 0.1) is 19.9 Å². The first-order valence-corrected chi connectivity index (χ1v) is 7.91. The maximum Gasteiger partial charge on any atom is 0.263 e. The molecule has 0 fully saturated rings. The largest absolute Gasteiger partial charge is 0.496 e. The molecule has 2 rings (SSSR count). The predicted molar refractivity (Wildman–Crippen MR) is 94.4 cm³/mol. The van der Waals surface area contributed by atoms with Gasteiger partial charge in [0.2, 0.25) is 0 Å². The average Bonchev–Trinajstić information content (AvgIpc) is 2.49. The highest BCUT2D eigenvalue weighted by atomic mass is 127. The number of amides is 1. The van der Waals surface area contributed by atoms with E-state index in [-0.39, 0.29) is 5.91 Å². The molecule has 0 aliphatic rings. The summed E-state index contributed by atoms with van der Waals surface area (Å²) < 4.78 is 12.4. The molecule has 0 saturated carbocycles. The van der Waals surface area contributed by atoms with Gasteiger partial charge in [-0.1, -0.05) is 22.0 Å². The molecule has 110 valence electrons. The number of carbonyl (C=O) groups is 1. The zero-order valence-electron chi connectivity index (χ0n) is 11.4. The van der Waals surface area contributed by atoms with Gasteiger partial charge >= 0.3 is 0 Å². The van der Waals surface area contributed by atoms with E-state index in [0.29, 0.717) is 17.1 Å². The molecule has 0 aromatic heterocycles. The first kappa shape index (κ1) is 16.1. The molecule has 0 aliphatic heterocycles.